The molecular formula is C32H36N3O2S2. The molecule has 7 heteroatoms. The molecule has 1 fully saturated rings. The summed E-state index contributed by atoms with van der Waals surface area (Å²) in [5, 5.41) is 0. The van der Waals surface area contributed by atoms with E-state index < -0.39 is 10.0 Å². The highest BCUT2D eigenvalue weighted by molar-refractivity contribution is 7.89. The van der Waals surface area contributed by atoms with Crippen LogP contribution in [0.2, 0.25) is 0 Å². The van der Waals surface area contributed by atoms with Crippen molar-refractivity contribution < 1.29 is 8.42 Å². The van der Waals surface area contributed by atoms with Crippen molar-refractivity contribution >= 4 is 21.4 Å². The van der Waals surface area contributed by atoms with E-state index in [1.807, 2.05) is 30.8 Å². The summed E-state index contributed by atoms with van der Waals surface area (Å²) in [4.78, 5) is 8.46. The van der Waals surface area contributed by atoms with E-state index >= 15 is 0 Å². The molecular weight excluding hydrogens is 523 g/mol. The lowest BCUT2D eigenvalue weighted by Gasteiger charge is -2.37. The van der Waals surface area contributed by atoms with Crippen molar-refractivity contribution in [3.05, 3.63) is 124 Å². The van der Waals surface area contributed by atoms with Gasteiger partial charge in [0, 0.05) is 43.8 Å². The summed E-state index contributed by atoms with van der Waals surface area (Å²) in [5.41, 5.74) is 5.62. The Morgan fingerprint density at radius 1 is 0.846 bits per heavy atom. The van der Waals surface area contributed by atoms with Crippen LogP contribution < -0.4 is 0 Å². The first-order valence-corrected chi connectivity index (χ1v) is 15.9. The van der Waals surface area contributed by atoms with Crippen molar-refractivity contribution in [2.45, 2.75) is 31.1 Å². The Kier molecular flexibility index (Phi) is 9.24. The van der Waals surface area contributed by atoms with Crippen LogP contribution in [0, 0.1) is 18.8 Å². The average Bonchev–Trinajstić information content (AvgIpc) is 3.47. The Hall–Kier alpha value is -2.84. The fourth-order valence-electron chi connectivity index (χ4n) is 5.31. The fraction of sp³-hybridized carbons (Fsp3) is 0.312. The van der Waals surface area contributed by atoms with E-state index in [-0.39, 0.29) is 0 Å². The molecule has 0 N–H and O–H groups in total. The number of benzene rings is 3. The van der Waals surface area contributed by atoms with Crippen LogP contribution in [0.15, 0.2) is 102 Å². The van der Waals surface area contributed by atoms with Gasteiger partial charge in [-0.1, -0.05) is 78.4 Å². The maximum absolute atomic E-state index is 13.3. The van der Waals surface area contributed by atoms with Crippen LogP contribution in [0.3, 0.4) is 0 Å². The number of hydrogen-bond donors (Lipinski definition) is 0. The van der Waals surface area contributed by atoms with Crippen LogP contribution in [-0.2, 0) is 29.3 Å². The molecule has 1 radical (unpaired) electrons. The summed E-state index contributed by atoms with van der Waals surface area (Å²) < 4.78 is 28.1. The maximum atomic E-state index is 13.3. The number of nitrogens with zero attached hydrogens (tertiary/aromatic N) is 3. The second-order valence-corrected chi connectivity index (χ2v) is 13.3. The molecule has 5 nitrogen and oxygen atoms in total. The molecule has 203 valence electrons. The van der Waals surface area contributed by atoms with Gasteiger partial charge in [0.1, 0.15) is 0 Å². The SMILES string of the molecule is Cc1ccc(S(=O)(=O)N2CCN(CC(Cc3cncs3)[C](Cc3ccccc3)Cc3ccccc3)CC2)cc1. The van der Waals surface area contributed by atoms with Crippen molar-refractivity contribution in [3.8, 4) is 0 Å². The van der Waals surface area contributed by atoms with Gasteiger partial charge in [-0.2, -0.15) is 4.31 Å². The van der Waals surface area contributed by atoms with Gasteiger partial charge in [0.15, 0.2) is 0 Å². The molecule has 1 aliphatic heterocycles. The van der Waals surface area contributed by atoms with Gasteiger partial charge in [-0.3, -0.25) is 4.98 Å². The Labute approximate surface area is 237 Å². The van der Waals surface area contributed by atoms with Crippen LogP contribution in [0.1, 0.15) is 21.6 Å². The van der Waals surface area contributed by atoms with E-state index in [0.29, 0.717) is 23.9 Å². The van der Waals surface area contributed by atoms with Gasteiger partial charge in [-0.05, 0) is 61.3 Å². The van der Waals surface area contributed by atoms with E-state index in [1.165, 1.54) is 21.9 Å². The standard InChI is InChI=1S/C32H36N3O2S2/c1-26-12-14-32(15-13-26)39(36,37)35-18-16-34(17-19-35)24-30(22-31-23-33-25-38-31)29(20-27-8-4-2-5-9-27)21-28-10-6-3-7-11-28/h2-15,23,25,30H,16-22,24H2,1H3. The third-order valence-electron chi connectivity index (χ3n) is 7.53. The molecule has 3 aromatic carbocycles. The van der Waals surface area contributed by atoms with Gasteiger partial charge in [0.05, 0.1) is 10.4 Å². The molecule has 4 aromatic rings. The highest BCUT2D eigenvalue weighted by atomic mass is 32.2. The van der Waals surface area contributed by atoms with Crippen LogP contribution in [0.25, 0.3) is 0 Å². The van der Waals surface area contributed by atoms with Gasteiger partial charge >= 0.3 is 0 Å². The van der Waals surface area contributed by atoms with Crippen LogP contribution in [0.4, 0.5) is 0 Å². The smallest absolute Gasteiger partial charge is 0.243 e. The second-order valence-electron chi connectivity index (χ2n) is 10.4. The number of hydrogen-bond acceptors (Lipinski definition) is 5. The number of rotatable bonds is 11. The molecule has 5 rings (SSSR count). The molecule has 2 heterocycles. The molecule has 0 amide bonds. The zero-order valence-corrected chi connectivity index (χ0v) is 24.1. The Balaban J connectivity index is 1.32. The average molecular weight is 559 g/mol. The van der Waals surface area contributed by atoms with Gasteiger partial charge in [-0.15, -0.1) is 11.3 Å². The van der Waals surface area contributed by atoms with Crippen LogP contribution >= 0.6 is 11.3 Å². The van der Waals surface area contributed by atoms with E-state index in [2.05, 4.69) is 70.5 Å². The predicted octanol–water partition coefficient (Wildman–Crippen LogP) is 5.68. The molecule has 0 spiro atoms. The van der Waals surface area contributed by atoms with Crippen LogP contribution in [0.5, 0.6) is 0 Å². The molecule has 0 saturated carbocycles. The minimum Gasteiger partial charge on any atom is -0.300 e. The normalized spacial score (nSPS) is 15.9. The van der Waals surface area contributed by atoms with Crippen molar-refractivity contribution in [2.24, 2.45) is 5.92 Å². The third kappa shape index (κ3) is 7.42. The van der Waals surface area contributed by atoms with Crippen molar-refractivity contribution in [1.29, 1.82) is 0 Å². The summed E-state index contributed by atoms with van der Waals surface area (Å²) >= 11 is 1.72. The zero-order valence-electron chi connectivity index (χ0n) is 22.4. The first-order valence-electron chi connectivity index (χ1n) is 13.6. The lowest BCUT2D eigenvalue weighted by atomic mass is 9.80. The minimum absolute atomic E-state index is 0.339. The molecule has 1 unspecified atom stereocenters. The lowest BCUT2D eigenvalue weighted by Crippen LogP contribution is -2.50. The minimum atomic E-state index is -3.47. The molecule has 1 aromatic heterocycles. The number of aryl methyl sites for hydroxylation is 1. The largest absolute Gasteiger partial charge is 0.300 e. The van der Waals surface area contributed by atoms with Gasteiger partial charge in [-0.25, -0.2) is 8.42 Å². The Morgan fingerprint density at radius 2 is 1.44 bits per heavy atom. The second kappa shape index (κ2) is 13.0. The molecule has 0 aliphatic carbocycles. The summed E-state index contributed by atoms with van der Waals surface area (Å²) in [7, 11) is -3.47. The topological polar surface area (TPSA) is 53.5 Å². The zero-order chi connectivity index (χ0) is 27.1. The van der Waals surface area contributed by atoms with Gasteiger partial charge < -0.3 is 4.90 Å². The molecule has 1 saturated heterocycles. The highest BCUT2D eigenvalue weighted by Crippen LogP contribution is 2.30. The predicted molar refractivity (Wildman–Crippen MR) is 159 cm³/mol. The van der Waals surface area contributed by atoms with Gasteiger partial charge in [0.25, 0.3) is 0 Å². The van der Waals surface area contributed by atoms with Crippen molar-refractivity contribution in [3.63, 3.8) is 0 Å². The molecule has 1 aliphatic rings. The number of sulfonamides is 1. The van der Waals surface area contributed by atoms with Crippen molar-refractivity contribution in [2.75, 3.05) is 32.7 Å². The van der Waals surface area contributed by atoms with Crippen molar-refractivity contribution in [1.82, 2.24) is 14.2 Å². The Bertz CT molecular complexity index is 1340. The quantitative estimate of drug-likeness (QED) is 0.238. The number of piperazine rings is 1. The van der Waals surface area contributed by atoms with Gasteiger partial charge in [0.2, 0.25) is 10.0 Å². The summed E-state index contributed by atoms with van der Waals surface area (Å²) in [5.74, 6) is 1.85. The molecule has 1 atom stereocenters. The first-order chi connectivity index (χ1) is 19.0. The third-order valence-corrected chi connectivity index (χ3v) is 10.2. The Morgan fingerprint density at radius 3 is 1.97 bits per heavy atom. The first kappa shape index (κ1) is 27.7. The summed E-state index contributed by atoms with van der Waals surface area (Å²) in [6.07, 6.45) is 4.80. The van der Waals surface area contributed by atoms with E-state index in [4.69, 9.17) is 0 Å². The maximum Gasteiger partial charge on any atom is 0.243 e. The van der Waals surface area contributed by atoms with E-state index in [0.717, 1.165) is 44.5 Å². The van der Waals surface area contributed by atoms with E-state index in [1.54, 1.807) is 27.8 Å². The fourth-order valence-corrected chi connectivity index (χ4v) is 7.41. The van der Waals surface area contributed by atoms with E-state index in [9.17, 15) is 8.42 Å². The summed E-state index contributed by atoms with van der Waals surface area (Å²) in [6, 6.07) is 28.6. The lowest BCUT2D eigenvalue weighted by molar-refractivity contribution is 0.165. The monoisotopic (exact) mass is 558 g/mol. The summed E-state index contributed by atoms with van der Waals surface area (Å²) in [6.45, 7) is 5.36. The number of thiazole rings is 1. The number of aromatic nitrogens is 1. The molecule has 39 heavy (non-hydrogen) atoms. The van der Waals surface area contributed by atoms with Crippen LogP contribution in [-0.4, -0.2) is 55.3 Å². The molecule has 0 bridgehead atoms. The highest BCUT2D eigenvalue weighted by Gasteiger charge is 2.31.